The number of hydrogen-bond donors (Lipinski definition) is 2. The maximum absolute atomic E-state index is 10.5. The van der Waals surface area contributed by atoms with Crippen LogP contribution in [0.25, 0.3) is 0 Å². The van der Waals surface area contributed by atoms with Crippen LogP contribution in [0.4, 0.5) is 17.8 Å². The summed E-state index contributed by atoms with van der Waals surface area (Å²) in [6, 6.07) is 0. The highest BCUT2D eigenvalue weighted by molar-refractivity contribution is 5.44. The van der Waals surface area contributed by atoms with Crippen molar-refractivity contribution in [2.45, 2.75) is 31.3 Å². The molecule has 1 saturated carbocycles. The quantitative estimate of drug-likeness (QED) is 0.823. The van der Waals surface area contributed by atoms with Gasteiger partial charge in [-0.1, -0.05) is 12.8 Å². The molecule has 1 aliphatic rings. The van der Waals surface area contributed by atoms with E-state index in [4.69, 9.17) is 0 Å². The van der Waals surface area contributed by atoms with E-state index in [1.165, 1.54) is 0 Å². The molecule has 7 nitrogen and oxygen atoms in total. The van der Waals surface area contributed by atoms with Gasteiger partial charge in [-0.3, -0.25) is 0 Å². The lowest BCUT2D eigenvalue weighted by Crippen LogP contribution is -2.40. The van der Waals surface area contributed by atoms with Crippen LogP contribution >= 0.6 is 0 Å². The lowest BCUT2D eigenvalue weighted by molar-refractivity contribution is 0.0556. The molecule has 0 saturated heterocycles. The molecule has 0 aromatic carbocycles. The minimum absolute atomic E-state index is 0.531. The summed E-state index contributed by atoms with van der Waals surface area (Å²) >= 11 is 0. The van der Waals surface area contributed by atoms with Gasteiger partial charge in [0.15, 0.2) is 0 Å². The normalized spacial score (nSPS) is 17.1. The highest BCUT2D eigenvalue weighted by Gasteiger charge is 2.33. The van der Waals surface area contributed by atoms with Crippen molar-refractivity contribution in [2.24, 2.45) is 0 Å². The number of anilines is 3. The molecule has 0 radical (unpaired) electrons. The molecule has 1 aromatic heterocycles. The lowest BCUT2D eigenvalue weighted by atomic mass is 10.0. The molecule has 1 fully saturated rings. The topological polar surface area (TPSA) is 77.4 Å². The zero-order chi connectivity index (χ0) is 14.8. The summed E-state index contributed by atoms with van der Waals surface area (Å²) in [5, 5.41) is 13.4. The summed E-state index contributed by atoms with van der Waals surface area (Å²) in [6.07, 6.45) is 3.88. The van der Waals surface area contributed by atoms with Crippen LogP contribution in [0.2, 0.25) is 0 Å². The van der Waals surface area contributed by atoms with Gasteiger partial charge in [-0.25, -0.2) is 0 Å². The van der Waals surface area contributed by atoms with Crippen LogP contribution in [-0.4, -0.2) is 60.4 Å². The Morgan fingerprint density at radius 2 is 1.70 bits per heavy atom. The van der Waals surface area contributed by atoms with Crippen LogP contribution in [0.3, 0.4) is 0 Å². The van der Waals surface area contributed by atoms with Crippen molar-refractivity contribution in [3.05, 3.63) is 0 Å². The molecule has 2 N–H and O–H groups in total. The highest BCUT2D eigenvalue weighted by Crippen LogP contribution is 2.30. The highest BCUT2D eigenvalue weighted by atomic mass is 16.3. The predicted octanol–water partition coefficient (Wildman–Crippen LogP) is 0.721. The van der Waals surface area contributed by atoms with Crippen LogP contribution in [0.1, 0.15) is 25.7 Å². The average Bonchev–Trinajstić information content (AvgIpc) is 2.84. The molecule has 1 heterocycles. The van der Waals surface area contributed by atoms with E-state index in [1.54, 1.807) is 7.05 Å². The second-order valence-corrected chi connectivity index (χ2v) is 5.69. The SMILES string of the molecule is CNc1nc(N(C)C)nc(N(C)CC2(O)CCCC2)n1. The van der Waals surface area contributed by atoms with Gasteiger partial charge >= 0.3 is 0 Å². The van der Waals surface area contributed by atoms with Crippen LogP contribution in [-0.2, 0) is 0 Å². The van der Waals surface area contributed by atoms with Crippen molar-refractivity contribution < 1.29 is 5.11 Å². The third-order valence-electron chi connectivity index (χ3n) is 3.64. The lowest BCUT2D eigenvalue weighted by Gasteiger charge is -2.29. The Hall–Kier alpha value is -1.63. The van der Waals surface area contributed by atoms with Crippen LogP contribution in [0.5, 0.6) is 0 Å². The third-order valence-corrected chi connectivity index (χ3v) is 3.64. The molecule has 0 unspecified atom stereocenters. The Morgan fingerprint density at radius 3 is 2.25 bits per heavy atom. The van der Waals surface area contributed by atoms with E-state index in [0.29, 0.717) is 24.4 Å². The van der Waals surface area contributed by atoms with Crippen molar-refractivity contribution in [3.63, 3.8) is 0 Å². The molecule has 0 aliphatic heterocycles. The fourth-order valence-corrected chi connectivity index (χ4v) is 2.54. The van der Waals surface area contributed by atoms with E-state index in [1.807, 2.05) is 30.9 Å². The van der Waals surface area contributed by atoms with E-state index in [0.717, 1.165) is 25.7 Å². The van der Waals surface area contributed by atoms with E-state index >= 15 is 0 Å². The Bertz CT molecular complexity index is 458. The van der Waals surface area contributed by atoms with Gasteiger partial charge in [0, 0.05) is 34.7 Å². The van der Waals surface area contributed by atoms with Crippen molar-refractivity contribution in [3.8, 4) is 0 Å². The zero-order valence-electron chi connectivity index (χ0n) is 12.7. The summed E-state index contributed by atoms with van der Waals surface area (Å²) in [4.78, 5) is 16.8. The molecule has 0 spiro atoms. The van der Waals surface area contributed by atoms with Crippen molar-refractivity contribution >= 4 is 17.8 Å². The van der Waals surface area contributed by atoms with Gasteiger partial charge < -0.3 is 20.2 Å². The first-order chi connectivity index (χ1) is 9.43. The second kappa shape index (κ2) is 5.78. The molecule has 1 aromatic rings. The number of aliphatic hydroxyl groups is 1. The largest absolute Gasteiger partial charge is 0.388 e. The predicted molar refractivity (Wildman–Crippen MR) is 80.4 cm³/mol. The number of aromatic nitrogens is 3. The maximum Gasteiger partial charge on any atom is 0.231 e. The number of rotatable bonds is 5. The Labute approximate surface area is 120 Å². The Kier molecular flexibility index (Phi) is 4.27. The molecular formula is C13H24N6O. The smallest absolute Gasteiger partial charge is 0.231 e. The molecule has 1 aliphatic carbocycles. The van der Waals surface area contributed by atoms with E-state index < -0.39 is 5.60 Å². The van der Waals surface area contributed by atoms with Crippen molar-refractivity contribution in [1.82, 2.24) is 15.0 Å². The summed E-state index contributed by atoms with van der Waals surface area (Å²) in [6.45, 7) is 0.549. The first-order valence-corrected chi connectivity index (χ1v) is 6.98. The molecule has 20 heavy (non-hydrogen) atoms. The van der Waals surface area contributed by atoms with Gasteiger partial charge in [-0.2, -0.15) is 15.0 Å². The number of nitrogens with zero attached hydrogens (tertiary/aromatic N) is 5. The van der Waals surface area contributed by atoms with Gasteiger partial charge in [-0.15, -0.1) is 0 Å². The van der Waals surface area contributed by atoms with Crippen LogP contribution < -0.4 is 15.1 Å². The Balaban J connectivity index is 2.19. The fourth-order valence-electron chi connectivity index (χ4n) is 2.54. The first kappa shape index (κ1) is 14.8. The first-order valence-electron chi connectivity index (χ1n) is 6.98. The molecule has 0 bridgehead atoms. The molecule has 0 atom stereocenters. The van der Waals surface area contributed by atoms with E-state index in [-0.39, 0.29) is 0 Å². The molecular weight excluding hydrogens is 256 g/mol. The molecule has 7 heteroatoms. The average molecular weight is 280 g/mol. The van der Waals surface area contributed by atoms with Crippen molar-refractivity contribution in [2.75, 3.05) is 49.9 Å². The van der Waals surface area contributed by atoms with Gasteiger partial charge in [-0.05, 0) is 12.8 Å². The molecule has 112 valence electrons. The maximum atomic E-state index is 10.5. The monoisotopic (exact) mass is 280 g/mol. The number of likely N-dealkylation sites (N-methyl/N-ethyl adjacent to an activating group) is 1. The van der Waals surface area contributed by atoms with Crippen LogP contribution in [0.15, 0.2) is 0 Å². The molecule has 2 rings (SSSR count). The summed E-state index contributed by atoms with van der Waals surface area (Å²) < 4.78 is 0. The number of hydrogen-bond acceptors (Lipinski definition) is 7. The summed E-state index contributed by atoms with van der Waals surface area (Å²) in [5.41, 5.74) is -0.612. The van der Waals surface area contributed by atoms with E-state index in [2.05, 4.69) is 20.3 Å². The summed E-state index contributed by atoms with van der Waals surface area (Å²) in [5.74, 6) is 1.71. The number of nitrogens with one attached hydrogen (secondary N) is 1. The zero-order valence-corrected chi connectivity index (χ0v) is 12.7. The van der Waals surface area contributed by atoms with Gasteiger partial charge in [0.05, 0.1) is 5.60 Å². The molecule has 0 amide bonds. The van der Waals surface area contributed by atoms with Crippen molar-refractivity contribution in [1.29, 1.82) is 0 Å². The van der Waals surface area contributed by atoms with Gasteiger partial charge in [0.1, 0.15) is 0 Å². The third kappa shape index (κ3) is 3.27. The second-order valence-electron chi connectivity index (χ2n) is 5.69. The summed E-state index contributed by atoms with van der Waals surface area (Å²) in [7, 11) is 7.47. The van der Waals surface area contributed by atoms with Crippen LogP contribution in [0, 0.1) is 0 Å². The van der Waals surface area contributed by atoms with Gasteiger partial charge in [0.2, 0.25) is 17.8 Å². The van der Waals surface area contributed by atoms with Gasteiger partial charge in [0.25, 0.3) is 0 Å². The van der Waals surface area contributed by atoms with E-state index in [9.17, 15) is 5.11 Å². The fraction of sp³-hybridized carbons (Fsp3) is 0.769. The standard InChI is InChI=1S/C13H24N6O/c1-14-10-15-11(18(2)3)17-12(16-10)19(4)9-13(20)7-5-6-8-13/h20H,5-9H2,1-4H3,(H,14,15,16,17). The minimum Gasteiger partial charge on any atom is -0.388 e. The Morgan fingerprint density at radius 1 is 1.10 bits per heavy atom. The minimum atomic E-state index is -0.612.